The van der Waals surface area contributed by atoms with Crippen molar-refractivity contribution in [3.63, 3.8) is 0 Å². The molecule has 2 heterocycles. The quantitative estimate of drug-likeness (QED) is 0.749. The van der Waals surface area contributed by atoms with Gasteiger partial charge in [0.05, 0.1) is 10.7 Å². The summed E-state index contributed by atoms with van der Waals surface area (Å²) in [4.78, 5) is 17.0. The van der Waals surface area contributed by atoms with Gasteiger partial charge < -0.3 is 5.32 Å². The summed E-state index contributed by atoms with van der Waals surface area (Å²) in [5.41, 5.74) is 3.27. The van der Waals surface area contributed by atoms with Gasteiger partial charge in [-0.05, 0) is 43.7 Å². The Balaban J connectivity index is 2.04. The summed E-state index contributed by atoms with van der Waals surface area (Å²) in [6, 6.07) is 8.91. The van der Waals surface area contributed by atoms with Crippen LogP contribution in [0.3, 0.4) is 0 Å². The van der Waals surface area contributed by atoms with E-state index in [1.807, 2.05) is 13.0 Å². The number of aromatic nitrogens is 2. The summed E-state index contributed by atoms with van der Waals surface area (Å²) in [6.45, 7) is 3.65. The highest BCUT2D eigenvalue weighted by Crippen LogP contribution is 2.24. The lowest BCUT2D eigenvalue weighted by molar-refractivity contribution is 0.102. The van der Waals surface area contributed by atoms with Crippen LogP contribution >= 0.6 is 23.2 Å². The number of carbonyl (C=O) groups excluding carboxylic acids is 1. The van der Waals surface area contributed by atoms with Gasteiger partial charge in [-0.25, -0.2) is 4.98 Å². The Hall–Kier alpha value is -2.04. The molecule has 0 spiro atoms. The SMILES string of the molecule is Cc1nc2ccc(Cl)cn2c1C(=O)Nc1cccc(Cl)c1C. The zero-order chi connectivity index (χ0) is 15.9. The number of imidazole rings is 1. The van der Waals surface area contributed by atoms with Crippen molar-refractivity contribution in [2.24, 2.45) is 0 Å². The lowest BCUT2D eigenvalue weighted by Gasteiger charge is -2.10. The lowest BCUT2D eigenvalue weighted by atomic mass is 10.2. The molecule has 6 heteroatoms. The number of nitrogens with zero attached hydrogens (tertiary/aromatic N) is 2. The van der Waals surface area contributed by atoms with Gasteiger partial charge in [-0.2, -0.15) is 0 Å². The summed E-state index contributed by atoms with van der Waals surface area (Å²) < 4.78 is 1.69. The summed E-state index contributed by atoms with van der Waals surface area (Å²) >= 11 is 12.1. The molecule has 1 N–H and O–H groups in total. The Morgan fingerprint density at radius 2 is 1.95 bits per heavy atom. The van der Waals surface area contributed by atoms with Crippen molar-refractivity contribution in [1.82, 2.24) is 9.38 Å². The average Bonchev–Trinajstić information content (AvgIpc) is 2.79. The molecular weight excluding hydrogens is 321 g/mol. The Labute approximate surface area is 137 Å². The normalized spacial score (nSPS) is 10.9. The molecule has 1 aromatic carbocycles. The number of nitrogens with one attached hydrogen (secondary N) is 1. The molecule has 1 amide bonds. The van der Waals surface area contributed by atoms with Gasteiger partial charge in [0.1, 0.15) is 11.3 Å². The van der Waals surface area contributed by atoms with Crippen LogP contribution in [0.25, 0.3) is 5.65 Å². The van der Waals surface area contributed by atoms with Gasteiger partial charge in [0.15, 0.2) is 0 Å². The van der Waals surface area contributed by atoms with Crippen molar-refractivity contribution in [3.05, 3.63) is 63.5 Å². The van der Waals surface area contributed by atoms with E-state index in [9.17, 15) is 4.79 Å². The predicted octanol–water partition coefficient (Wildman–Crippen LogP) is 4.51. The first-order valence-electron chi connectivity index (χ1n) is 6.68. The Bertz CT molecular complexity index is 886. The third-order valence-corrected chi connectivity index (χ3v) is 4.12. The third-order valence-electron chi connectivity index (χ3n) is 3.49. The van der Waals surface area contributed by atoms with Gasteiger partial charge >= 0.3 is 0 Å². The van der Waals surface area contributed by atoms with Crippen LogP contribution < -0.4 is 5.32 Å². The summed E-state index contributed by atoms with van der Waals surface area (Å²) in [6.07, 6.45) is 1.68. The number of hydrogen-bond donors (Lipinski definition) is 1. The van der Waals surface area contributed by atoms with E-state index in [0.717, 1.165) is 5.56 Å². The molecule has 0 radical (unpaired) electrons. The first-order valence-corrected chi connectivity index (χ1v) is 7.43. The number of halogens is 2. The lowest BCUT2D eigenvalue weighted by Crippen LogP contribution is -2.16. The molecule has 0 fully saturated rings. The minimum atomic E-state index is -0.252. The van der Waals surface area contributed by atoms with Crippen molar-refractivity contribution in [2.45, 2.75) is 13.8 Å². The Morgan fingerprint density at radius 3 is 2.73 bits per heavy atom. The van der Waals surface area contributed by atoms with Gasteiger partial charge in [0, 0.05) is 16.9 Å². The topological polar surface area (TPSA) is 46.4 Å². The molecule has 0 aliphatic carbocycles. The molecular formula is C16H13Cl2N3O. The molecule has 2 aromatic heterocycles. The Morgan fingerprint density at radius 1 is 1.18 bits per heavy atom. The molecule has 112 valence electrons. The monoisotopic (exact) mass is 333 g/mol. The molecule has 0 aliphatic rings. The number of pyridine rings is 1. The van der Waals surface area contributed by atoms with Crippen LogP contribution in [0.1, 0.15) is 21.7 Å². The second-order valence-corrected chi connectivity index (χ2v) is 5.83. The number of anilines is 1. The van der Waals surface area contributed by atoms with Crippen molar-refractivity contribution < 1.29 is 4.79 Å². The van der Waals surface area contributed by atoms with E-state index in [1.54, 1.807) is 41.8 Å². The minimum Gasteiger partial charge on any atom is -0.320 e. The van der Waals surface area contributed by atoms with Crippen LogP contribution in [0, 0.1) is 13.8 Å². The molecule has 22 heavy (non-hydrogen) atoms. The van der Waals surface area contributed by atoms with Crippen molar-refractivity contribution in [2.75, 3.05) is 5.32 Å². The molecule has 3 rings (SSSR count). The third kappa shape index (κ3) is 2.56. The standard InChI is InChI=1S/C16H13Cl2N3O/c1-9-12(18)4-3-5-13(9)20-16(22)15-10(2)19-14-7-6-11(17)8-21(14)15/h3-8H,1-2H3,(H,20,22). The zero-order valence-electron chi connectivity index (χ0n) is 12.0. The largest absolute Gasteiger partial charge is 0.320 e. The highest BCUT2D eigenvalue weighted by Gasteiger charge is 2.17. The molecule has 0 unspecified atom stereocenters. The summed E-state index contributed by atoms with van der Waals surface area (Å²) in [5.74, 6) is -0.252. The fourth-order valence-corrected chi connectivity index (χ4v) is 2.67. The van der Waals surface area contributed by atoms with Gasteiger partial charge in [-0.1, -0.05) is 29.3 Å². The van der Waals surface area contributed by atoms with Gasteiger partial charge in [-0.15, -0.1) is 0 Å². The number of benzene rings is 1. The van der Waals surface area contributed by atoms with Gasteiger partial charge in [0.2, 0.25) is 0 Å². The van der Waals surface area contributed by atoms with E-state index in [2.05, 4.69) is 10.3 Å². The molecule has 0 saturated carbocycles. The van der Waals surface area contributed by atoms with E-state index in [0.29, 0.717) is 32.8 Å². The maximum absolute atomic E-state index is 12.6. The molecule has 3 aromatic rings. The first-order chi connectivity index (χ1) is 10.5. The van der Waals surface area contributed by atoms with Crippen LogP contribution in [0.5, 0.6) is 0 Å². The van der Waals surface area contributed by atoms with E-state index in [4.69, 9.17) is 23.2 Å². The van der Waals surface area contributed by atoms with Crippen molar-refractivity contribution in [1.29, 1.82) is 0 Å². The molecule has 0 bridgehead atoms. The number of rotatable bonds is 2. The van der Waals surface area contributed by atoms with Crippen LogP contribution in [0.15, 0.2) is 36.5 Å². The minimum absolute atomic E-state index is 0.252. The molecule has 0 aliphatic heterocycles. The summed E-state index contributed by atoms with van der Waals surface area (Å²) in [7, 11) is 0. The second-order valence-electron chi connectivity index (χ2n) is 4.99. The van der Waals surface area contributed by atoms with E-state index >= 15 is 0 Å². The predicted molar refractivity (Wildman–Crippen MR) is 89.1 cm³/mol. The van der Waals surface area contributed by atoms with Crippen LogP contribution in [0.2, 0.25) is 10.0 Å². The zero-order valence-corrected chi connectivity index (χ0v) is 13.5. The first kappa shape index (κ1) is 14.9. The average molecular weight is 334 g/mol. The highest BCUT2D eigenvalue weighted by molar-refractivity contribution is 6.32. The van der Waals surface area contributed by atoms with E-state index < -0.39 is 0 Å². The molecule has 4 nitrogen and oxygen atoms in total. The molecule has 0 atom stereocenters. The highest BCUT2D eigenvalue weighted by atomic mass is 35.5. The Kier molecular flexibility index (Phi) is 3.81. The number of hydrogen-bond acceptors (Lipinski definition) is 2. The van der Waals surface area contributed by atoms with Gasteiger partial charge in [0.25, 0.3) is 5.91 Å². The smallest absolute Gasteiger partial charge is 0.274 e. The number of aryl methyl sites for hydroxylation is 1. The number of carbonyl (C=O) groups is 1. The fourth-order valence-electron chi connectivity index (χ4n) is 2.33. The maximum atomic E-state index is 12.6. The van der Waals surface area contributed by atoms with E-state index in [-0.39, 0.29) is 5.91 Å². The van der Waals surface area contributed by atoms with Crippen LogP contribution in [-0.2, 0) is 0 Å². The van der Waals surface area contributed by atoms with Crippen molar-refractivity contribution in [3.8, 4) is 0 Å². The van der Waals surface area contributed by atoms with Crippen LogP contribution in [-0.4, -0.2) is 15.3 Å². The maximum Gasteiger partial charge on any atom is 0.274 e. The number of fused-ring (bicyclic) bond motifs is 1. The van der Waals surface area contributed by atoms with Gasteiger partial charge in [-0.3, -0.25) is 9.20 Å². The van der Waals surface area contributed by atoms with Crippen molar-refractivity contribution >= 4 is 40.4 Å². The van der Waals surface area contributed by atoms with Crippen LogP contribution in [0.4, 0.5) is 5.69 Å². The number of amides is 1. The van der Waals surface area contributed by atoms with E-state index in [1.165, 1.54) is 0 Å². The fraction of sp³-hybridized carbons (Fsp3) is 0.125. The second kappa shape index (κ2) is 5.63. The molecule has 0 saturated heterocycles. The summed E-state index contributed by atoms with van der Waals surface area (Å²) in [5, 5.41) is 4.03.